The predicted octanol–water partition coefficient (Wildman–Crippen LogP) is 4.93. The lowest BCUT2D eigenvalue weighted by Crippen LogP contribution is -2.09. The zero-order chi connectivity index (χ0) is 16.9. The topological polar surface area (TPSA) is 60.2 Å². The molecule has 3 heteroatoms. The zero-order valence-electron chi connectivity index (χ0n) is 14.9. The van der Waals surface area contributed by atoms with Gasteiger partial charge in [-0.05, 0) is 30.8 Å². The number of hydrogen-bond donors (Lipinski definition) is 1. The van der Waals surface area contributed by atoms with Crippen molar-refractivity contribution >= 4 is 11.7 Å². The Labute approximate surface area is 142 Å². The van der Waals surface area contributed by atoms with Gasteiger partial charge >= 0.3 is 0 Å². The summed E-state index contributed by atoms with van der Waals surface area (Å²) in [6, 6.07) is 0. The van der Waals surface area contributed by atoms with Gasteiger partial charge in [-0.1, -0.05) is 71.1 Å². The fourth-order valence-electron chi connectivity index (χ4n) is 3.86. The molecule has 0 heterocycles. The van der Waals surface area contributed by atoms with Gasteiger partial charge in [-0.15, -0.1) is 0 Å². The highest BCUT2D eigenvalue weighted by atomic mass is 16.1. The Morgan fingerprint density at radius 2 is 1.52 bits per heavy atom. The van der Waals surface area contributed by atoms with Crippen molar-refractivity contribution in [1.82, 2.24) is 0 Å². The molecule has 3 nitrogen and oxygen atoms in total. The number of carbonyl (C=O) groups is 2. The first-order valence-electron chi connectivity index (χ1n) is 9.63. The summed E-state index contributed by atoms with van der Waals surface area (Å²) in [6.07, 6.45) is 18.9. The second-order valence-corrected chi connectivity index (χ2v) is 7.10. The molecule has 1 rings (SSSR count). The van der Waals surface area contributed by atoms with Gasteiger partial charge in [0.15, 0.2) is 5.78 Å². The van der Waals surface area contributed by atoms with E-state index in [1.54, 1.807) is 0 Å². The van der Waals surface area contributed by atoms with Crippen LogP contribution in [0.2, 0.25) is 0 Å². The Balaban J connectivity index is 2.13. The molecule has 0 saturated heterocycles. The molecule has 132 valence electrons. The molecule has 0 aromatic rings. The fourth-order valence-corrected chi connectivity index (χ4v) is 3.86. The summed E-state index contributed by atoms with van der Waals surface area (Å²) >= 11 is 0. The molecule has 0 aromatic carbocycles. The van der Waals surface area contributed by atoms with E-state index in [-0.39, 0.29) is 5.78 Å². The fraction of sp³-hybridized carbons (Fsp3) is 0.800. The molecule has 0 aromatic heterocycles. The molecule has 0 radical (unpaired) electrons. The molecule has 0 unspecified atom stereocenters. The van der Waals surface area contributed by atoms with Crippen molar-refractivity contribution in [3.8, 4) is 0 Å². The lowest BCUT2D eigenvalue weighted by molar-refractivity contribution is -0.116. The number of allylic oxidation sites excluding steroid dienone is 1. The van der Waals surface area contributed by atoms with Gasteiger partial charge in [0.25, 0.3) is 0 Å². The van der Waals surface area contributed by atoms with E-state index in [0.29, 0.717) is 6.42 Å². The molecular formula is C20H35NO2. The van der Waals surface area contributed by atoms with Crippen LogP contribution in [0, 0.1) is 11.8 Å². The first-order chi connectivity index (χ1) is 11.1. The van der Waals surface area contributed by atoms with E-state index in [4.69, 9.17) is 5.73 Å². The molecule has 1 aliphatic rings. The molecule has 2 N–H and O–H groups in total. The number of hydrogen-bond acceptors (Lipinski definition) is 2. The van der Waals surface area contributed by atoms with E-state index in [2.05, 4.69) is 6.92 Å². The Morgan fingerprint density at radius 1 is 0.913 bits per heavy atom. The van der Waals surface area contributed by atoms with Gasteiger partial charge in [0.2, 0.25) is 5.91 Å². The maximum atomic E-state index is 11.6. The maximum Gasteiger partial charge on any atom is 0.241 e. The van der Waals surface area contributed by atoms with Crippen LogP contribution in [0.5, 0.6) is 0 Å². The second kappa shape index (κ2) is 12.3. The van der Waals surface area contributed by atoms with Gasteiger partial charge in [0.05, 0.1) is 0 Å². The minimum Gasteiger partial charge on any atom is -0.366 e. The Bertz CT molecular complexity index is 376. The molecule has 1 aliphatic carbocycles. The molecule has 0 aliphatic heterocycles. The number of amides is 1. The number of ketones is 1. The van der Waals surface area contributed by atoms with Crippen LogP contribution in [0.4, 0.5) is 0 Å². The molecule has 1 fully saturated rings. The van der Waals surface area contributed by atoms with Crippen LogP contribution in [0.15, 0.2) is 12.2 Å². The van der Waals surface area contributed by atoms with Gasteiger partial charge in [-0.25, -0.2) is 0 Å². The van der Waals surface area contributed by atoms with Gasteiger partial charge < -0.3 is 5.73 Å². The average Bonchev–Trinajstić information content (AvgIpc) is 2.96. The summed E-state index contributed by atoms with van der Waals surface area (Å²) in [5.74, 6) is 1.18. The lowest BCUT2D eigenvalue weighted by Gasteiger charge is -2.19. The summed E-state index contributed by atoms with van der Waals surface area (Å²) in [5.41, 5.74) is 4.99. The Hall–Kier alpha value is -1.12. The van der Waals surface area contributed by atoms with Crippen molar-refractivity contribution in [3.05, 3.63) is 12.2 Å². The smallest absolute Gasteiger partial charge is 0.241 e. The van der Waals surface area contributed by atoms with Crippen LogP contribution in [0.3, 0.4) is 0 Å². The van der Waals surface area contributed by atoms with Crippen LogP contribution in [0.1, 0.15) is 90.4 Å². The van der Waals surface area contributed by atoms with Crippen LogP contribution < -0.4 is 5.73 Å². The SMILES string of the molecule is CCCCCCCC[C@H]1CCC[C@@H]1CCCC(=O)C=CC(N)=O. The van der Waals surface area contributed by atoms with Gasteiger partial charge in [-0.2, -0.15) is 0 Å². The quantitative estimate of drug-likeness (QED) is 0.386. The zero-order valence-corrected chi connectivity index (χ0v) is 14.9. The van der Waals surface area contributed by atoms with Crippen molar-refractivity contribution in [1.29, 1.82) is 0 Å². The van der Waals surface area contributed by atoms with Crippen molar-refractivity contribution in [2.45, 2.75) is 90.4 Å². The normalized spacial score (nSPS) is 21.1. The van der Waals surface area contributed by atoms with E-state index in [1.165, 1.54) is 76.4 Å². The van der Waals surface area contributed by atoms with Crippen LogP contribution in [-0.4, -0.2) is 11.7 Å². The molecule has 1 saturated carbocycles. The van der Waals surface area contributed by atoms with E-state index >= 15 is 0 Å². The molecule has 0 spiro atoms. The molecular weight excluding hydrogens is 286 g/mol. The highest BCUT2D eigenvalue weighted by Crippen LogP contribution is 2.38. The van der Waals surface area contributed by atoms with E-state index in [9.17, 15) is 9.59 Å². The highest BCUT2D eigenvalue weighted by molar-refractivity contribution is 5.97. The maximum absolute atomic E-state index is 11.6. The van der Waals surface area contributed by atoms with E-state index in [1.807, 2.05) is 0 Å². The van der Waals surface area contributed by atoms with Crippen LogP contribution in [-0.2, 0) is 9.59 Å². The molecule has 0 bridgehead atoms. The number of nitrogens with two attached hydrogens (primary N) is 1. The Morgan fingerprint density at radius 3 is 2.17 bits per heavy atom. The van der Waals surface area contributed by atoms with E-state index < -0.39 is 5.91 Å². The number of rotatable bonds is 13. The second-order valence-electron chi connectivity index (χ2n) is 7.10. The van der Waals surface area contributed by atoms with Crippen molar-refractivity contribution in [2.24, 2.45) is 17.6 Å². The summed E-state index contributed by atoms with van der Waals surface area (Å²) in [5, 5.41) is 0. The number of unbranched alkanes of at least 4 members (excludes halogenated alkanes) is 5. The number of primary amides is 1. The first kappa shape index (κ1) is 19.9. The lowest BCUT2D eigenvalue weighted by atomic mass is 9.87. The summed E-state index contributed by atoms with van der Waals surface area (Å²) in [4.78, 5) is 22.2. The van der Waals surface area contributed by atoms with Gasteiger partial charge in [0.1, 0.15) is 0 Å². The minimum atomic E-state index is -0.548. The summed E-state index contributed by atoms with van der Waals surface area (Å²) in [6.45, 7) is 2.26. The molecule has 1 amide bonds. The van der Waals surface area contributed by atoms with E-state index in [0.717, 1.165) is 24.7 Å². The number of carbonyl (C=O) groups excluding carboxylic acids is 2. The summed E-state index contributed by atoms with van der Waals surface area (Å²) in [7, 11) is 0. The summed E-state index contributed by atoms with van der Waals surface area (Å²) < 4.78 is 0. The average molecular weight is 322 g/mol. The van der Waals surface area contributed by atoms with Crippen LogP contribution in [0.25, 0.3) is 0 Å². The molecule has 23 heavy (non-hydrogen) atoms. The van der Waals surface area contributed by atoms with Gasteiger partial charge in [0, 0.05) is 12.5 Å². The first-order valence-corrected chi connectivity index (χ1v) is 9.63. The molecule has 2 atom stereocenters. The standard InChI is InChI=1S/C20H35NO2/c1-2-3-4-5-6-7-10-17-11-8-12-18(17)13-9-14-19(22)15-16-20(21)23/h15-18H,2-14H2,1H3,(H2,21,23)/t17-,18+/m0/s1. The third-order valence-electron chi connectivity index (χ3n) is 5.18. The third-order valence-corrected chi connectivity index (χ3v) is 5.18. The largest absolute Gasteiger partial charge is 0.366 e. The van der Waals surface area contributed by atoms with Crippen molar-refractivity contribution in [2.75, 3.05) is 0 Å². The highest BCUT2D eigenvalue weighted by Gasteiger charge is 2.26. The van der Waals surface area contributed by atoms with Crippen LogP contribution >= 0.6 is 0 Å². The predicted molar refractivity (Wildman–Crippen MR) is 96.0 cm³/mol. The third kappa shape index (κ3) is 9.58. The monoisotopic (exact) mass is 321 g/mol. The Kier molecular flexibility index (Phi) is 10.7. The van der Waals surface area contributed by atoms with Gasteiger partial charge in [-0.3, -0.25) is 9.59 Å². The minimum absolute atomic E-state index is 0.0225. The van der Waals surface area contributed by atoms with Crippen molar-refractivity contribution < 1.29 is 9.59 Å². The van der Waals surface area contributed by atoms with Crippen molar-refractivity contribution in [3.63, 3.8) is 0 Å².